The molecule has 2 aromatic rings. The van der Waals surface area contributed by atoms with Crippen molar-refractivity contribution in [3.63, 3.8) is 0 Å². The average molecular weight is 300 g/mol. The molecule has 0 atom stereocenters. The first-order valence-corrected chi connectivity index (χ1v) is 7.52. The summed E-state index contributed by atoms with van der Waals surface area (Å²) in [6.07, 6.45) is 1.04. The van der Waals surface area contributed by atoms with Crippen molar-refractivity contribution in [2.75, 3.05) is 13.1 Å². The molecular weight excluding hydrogens is 279 g/mol. The van der Waals surface area contributed by atoms with Gasteiger partial charge in [0.1, 0.15) is 5.82 Å². The van der Waals surface area contributed by atoms with E-state index in [1.165, 1.54) is 23.3 Å². The van der Waals surface area contributed by atoms with E-state index in [2.05, 4.69) is 41.8 Å². The molecule has 116 valence electrons. The van der Waals surface area contributed by atoms with Gasteiger partial charge in [0.15, 0.2) is 0 Å². The monoisotopic (exact) mass is 300 g/mol. The second-order valence-electron chi connectivity index (χ2n) is 5.08. The van der Waals surface area contributed by atoms with Gasteiger partial charge in [-0.25, -0.2) is 4.39 Å². The number of nitrogens with one attached hydrogen (secondary N) is 2. The number of benzene rings is 2. The lowest BCUT2D eigenvalue weighted by Gasteiger charge is -2.08. The van der Waals surface area contributed by atoms with Crippen LogP contribution in [0.3, 0.4) is 0 Å². The van der Waals surface area contributed by atoms with E-state index in [1.54, 1.807) is 12.1 Å². The number of amides is 1. The Morgan fingerprint density at radius 1 is 1.00 bits per heavy atom. The summed E-state index contributed by atoms with van der Waals surface area (Å²) < 4.78 is 13.4. The molecule has 0 saturated heterocycles. The van der Waals surface area contributed by atoms with Crippen LogP contribution in [-0.2, 0) is 13.0 Å². The quantitative estimate of drug-likeness (QED) is 0.772. The standard InChI is InChI=1S/C18H21FN2O/c1-2-14-7-9-15(10-8-14)13-20-11-12-21-18(22)16-5-3-4-6-17(16)19/h3-10,20H,2,11-13H2,1H3,(H,21,22). The minimum Gasteiger partial charge on any atom is -0.351 e. The molecule has 0 fully saturated rings. The highest BCUT2D eigenvalue weighted by molar-refractivity contribution is 5.94. The van der Waals surface area contributed by atoms with E-state index in [1.807, 2.05) is 0 Å². The highest BCUT2D eigenvalue weighted by Gasteiger charge is 2.09. The number of carbonyl (C=O) groups excluding carboxylic acids is 1. The molecule has 0 aliphatic carbocycles. The number of aryl methyl sites for hydroxylation is 1. The topological polar surface area (TPSA) is 41.1 Å². The molecule has 4 heteroatoms. The number of carbonyl (C=O) groups is 1. The molecule has 2 aromatic carbocycles. The zero-order chi connectivity index (χ0) is 15.8. The van der Waals surface area contributed by atoms with Crippen LogP contribution in [-0.4, -0.2) is 19.0 Å². The maximum Gasteiger partial charge on any atom is 0.254 e. The summed E-state index contributed by atoms with van der Waals surface area (Å²) in [7, 11) is 0. The first-order chi connectivity index (χ1) is 10.7. The molecule has 0 heterocycles. The van der Waals surface area contributed by atoms with E-state index in [0.29, 0.717) is 13.1 Å². The van der Waals surface area contributed by atoms with E-state index in [0.717, 1.165) is 13.0 Å². The molecule has 2 N–H and O–H groups in total. The highest BCUT2D eigenvalue weighted by Crippen LogP contribution is 2.06. The van der Waals surface area contributed by atoms with Crippen molar-refractivity contribution >= 4 is 5.91 Å². The lowest BCUT2D eigenvalue weighted by atomic mass is 10.1. The van der Waals surface area contributed by atoms with Crippen LogP contribution >= 0.6 is 0 Å². The van der Waals surface area contributed by atoms with Crippen molar-refractivity contribution in [1.29, 1.82) is 0 Å². The zero-order valence-electron chi connectivity index (χ0n) is 12.7. The lowest BCUT2D eigenvalue weighted by Crippen LogP contribution is -2.32. The summed E-state index contributed by atoms with van der Waals surface area (Å²) in [4.78, 5) is 11.8. The molecule has 0 aliphatic heterocycles. The minimum absolute atomic E-state index is 0.0812. The van der Waals surface area contributed by atoms with Gasteiger partial charge in [0, 0.05) is 19.6 Å². The van der Waals surface area contributed by atoms with Gasteiger partial charge in [-0.1, -0.05) is 43.3 Å². The Labute approximate surface area is 130 Å². The molecular formula is C18H21FN2O. The number of halogens is 1. The summed E-state index contributed by atoms with van der Waals surface area (Å²) in [6.45, 7) is 3.97. The van der Waals surface area contributed by atoms with Gasteiger partial charge in [-0.15, -0.1) is 0 Å². The fourth-order valence-corrected chi connectivity index (χ4v) is 2.13. The third-order valence-corrected chi connectivity index (χ3v) is 3.47. The van der Waals surface area contributed by atoms with Crippen molar-refractivity contribution in [2.45, 2.75) is 19.9 Å². The second-order valence-corrected chi connectivity index (χ2v) is 5.08. The molecule has 0 aromatic heterocycles. The van der Waals surface area contributed by atoms with Crippen molar-refractivity contribution in [3.8, 4) is 0 Å². The van der Waals surface area contributed by atoms with Gasteiger partial charge in [-0.3, -0.25) is 4.79 Å². The number of rotatable bonds is 7. The van der Waals surface area contributed by atoms with Crippen LogP contribution in [0.15, 0.2) is 48.5 Å². The summed E-state index contributed by atoms with van der Waals surface area (Å²) in [5.41, 5.74) is 2.61. The van der Waals surface area contributed by atoms with E-state index in [9.17, 15) is 9.18 Å². The third kappa shape index (κ3) is 4.67. The summed E-state index contributed by atoms with van der Waals surface area (Å²) in [5.74, 6) is -0.879. The third-order valence-electron chi connectivity index (χ3n) is 3.47. The fraction of sp³-hybridized carbons (Fsp3) is 0.278. The van der Waals surface area contributed by atoms with Gasteiger partial charge in [0.2, 0.25) is 0 Å². The van der Waals surface area contributed by atoms with Gasteiger partial charge in [0.25, 0.3) is 5.91 Å². The molecule has 0 spiro atoms. The molecule has 0 bridgehead atoms. The SMILES string of the molecule is CCc1ccc(CNCCNC(=O)c2ccccc2F)cc1. The Morgan fingerprint density at radius 3 is 2.36 bits per heavy atom. The molecule has 0 unspecified atom stereocenters. The fourth-order valence-electron chi connectivity index (χ4n) is 2.13. The summed E-state index contributed by atoms with van der Waals surface area (Å²) >= 11 is 0. The van der Waals surface area contributed by atoms with Crippen LogP contribution in [0, 0.1) is 5.82 Å². The summed E-state index contributed by atoms with van der Waals surface area (Å²) in [5, 5.41) is 5.95. The molecule has 1 amide bonds. The number of hydrogen-bond donors (Lipinski definition) is 2. The first-order valence-electron chi connectivity index (χ1n) is 7.52. The lowest BCUT2D eigenvalue weighted by molar-refractivity contribution is 0.0950. The predicted octanol–water partition coefficient (Wildman–Crippen LogP) is 2.91. The molecule has 22 heavy (non-hydrogen) atoms. The Balaban J connectivity index is 1.68. The molecule has 2 rings (SSSR count). The van der Waals surface area contributed by atoms with Crippen molar-refractivity contribution < 1.29 is 9.18 Å². The van der Waals surface area contributed by atoms with E-state index in [4.69, 9.17) is 0 Å². The van der Waals surface area contributed by atoms with Crippen molar-refractivity contribution in [2.24, 2.45) is 0 Å². The van der Waals surface area contributed by atoms with E-state index < -0.39 is 5.82 Å². The minimum atomic E-state index is -0.496. The van der Waals surface area contributed by atoms with Gasteiger partial charge in [0.05, 0.1) is 5.56 Å². The van der Waals surface area contributed by atoms with Crippen LogP contribution in [0.25, 0.3) is 0 Å². The van der Waals surface area contributed by atoms with Gasteiger partial charge in [-0.05, 0) is 29.7 Å². The molecule has 0 saturated carbocycles. The van der Waals surface area contributed by atoms with Crippen molar-refractivity contribution in [1.82, 2.24) is 10.6 Å². The largest absolute Gasteiger partial charge is 0.351 e. The van der Waals surface area contributed by atoms with Crippen LogP contribution in [0.5, 0.6) is 0 Å². The maximum absolute atomic E-state index is 13.4. The van der Waals surface area contributed by atoms with Crippen LogP contribution in [0.1, 0.15) is 28.4 Å². The smallest absolute Gasteiger partial charge is 0.254 e. The van der Waals surface area contributed by atoms with Gasteiger partial charge < -0.3 is 10.6 Å². The Morgan fingerprint density at radius 2 is 1.68 bits per heavy atom. The van der Waals surface area contributed by atoms with Crippen LogP contribution in [0.4, 0.5) is 4.39 Å². The van der Waals surface area contributed by atoms with Crippen molar-refractivity contribution in [3.05, 3.63) is 71.0 Å². The number of hydrogen-bond acceptors (Lipinski definition) is 2. The van der Waals surface area contributed by atoms with Crippen LogP contribution in [0.2, 0.25) is 0 Å². The molecule has 0 aliphatic rings. The first kappa shape index (κ1) is 16.2. The van der Waals surface area contributed by atoms with Gasteiger partial charge >= 0.3 is 0 Å². The predicted molar refractivity (Wildman–Crippen MR) is 86.3 cm³/mol. The average Bonchev–Trinajstić information content (AvgIpc) is 2.55. The Hall–Kier alpha value is -2.20. The molecule has 3 nitrogen and oxygen atoms in total. The van der Waals surface area contributed by atoms with Gasteiger partial charge in [-0.2, -0.15) is 0 Å². The Kier molecular flexibility index (Phi) is 6.10. The van der Waals surface area contributed by atoms with Crippen LogP contribution < -0.4 is 10.6 Å². The second kappa shape index (κ2) is 8.29. The highest BCUT2D eigenvalue weighted by atomic mass is 19.1. The maximum atomic E-state index is 13.4. The molecule has 0 radical (unpaired) electrons. The van der Waals surface area contributed by atoms with E-state index >= 15 is 0 Å². The Bertz CT molecular complexity index is 611. The summed E-state index contributed by atoms with van der Waals surface area (Å²) in [6, 6.07) is 14.4. The zero-order valence-corrected chi connectivity index (χ0v) is 12.7. The van der Waals surface area contributed by atoms with E-state index in [-0.39, 0.29) is 11.5 Å². The normalized spacial score (nSPS) is 10.5.